The molecular formula is C25H24ClN3S. The molecule has 4 aromatic rings. The van der Waals surface area contributed by atoms with E-state index in [0.29, 0.717) is 5.28 Å². The minimum absolute atomic E-state index is 0.334. The van der Waals surface area contributed by atoms with Crippen LogP contribution in [0, 0.1) is 12.8 Å². The van der Waals surface area contributed by atoms with Gasteiger partial charge in [0, 0.05) is 24.0 Å². The second-order valence-electron chi connectivity index (χ2n) is 8.13. The van der Waals surface area contributed by atoms with Crippen molar-refractivity contribution in [2.45, 2.75) is 26.2 Å². The monoisotopic (exact) mass is 433 g/mol. The average molecular weight is 434 g/mol. The molecule has 1 saturated heterocycles. The van der Waals surface area contributed by atoms with E-state index in [2.05, 4.69) is 76.8 Å². The van der Waals surface area contributed by atoms with Gasteiger partial charge < -0.3 is 4.90 Å². The lowest BCUT2D eigenvalue weighted by Gasteiger charge is -2.33. The molecule has 0 aliphatic carbocycles. The number of piperidine rings is 1. The van der Waals surface area contributed by atoms with Gasteiger partial charge in [0.25, 0.3) is 0 Å². The fraction of sp³-hybridized carbons (Fsp3) is 0.280. The Morgan fingerprint density at radius 1 is 1.00 bits per heavy atom. The minimum atomic E-state index is 0.334. The Kier molecular flexibility index (Phi) is 5.45. The van der Waals surface area contributed by atoms with Gasteiger partial charge in [0.15, 0.2) is 0 Å². The summed E-state index contributed by atoms with van der Waals surface area (Å²) in [6, 6.07) is 19.5. The van der Waals surface area contributed by atoms with E-state index in [1.54, 1.807) is 11.3 Å². The Hall–Kier alpha value is -2.43. The van der Waals surface area contributed by atoms with E-state index in [1.807, 2.05) is 0 Å². The molecule has 5 rings (SSSR count). The molecule has 1 aliphatic heterocycles. The van der Waals surface area contributed by atoms with Gasteiger partial charge in [-0.25, -0.2) is 4.98 Å². The molecule has 0 unspecified atom stereocenters. The summed E-state index contributed by atoms with van der Waals surface area (Å²) in [4.78, 5) is 12.6. The fourth-order valence-corrected chi connectivity index (χ4v) is 5.53. The third kappa shape index (κ3) is 3.94. The maximum atomic E-state index is 6.31. The Bertz CT molecular complexity index is 1150. The average Bonchev–Trinajstić information content (AvgIpc) is 3.19. The molecule has 3 nitrogen and oxygen atoms in total. The predicted octanol–water partition coefficient (Wildman–Crippen LogP) is 6.78. The number of hydrogen-bond acceptors (Lipinski definition) is 4. The van der Waals surface area contributed by atoms with Gasteiger partial charge in [-0.15, -0.1) is 11.3 Å². The topological polar surface area (TPSA) is 29.0 Å². The van der Waals surface area contributed by atoms with Crippen molar-refractivity contribution in [3.05, 3.63) is 76.4 Å². The van der Waals surface area contributed by atoms with Crippen LogP contribution in [-0.2, 0) is 6.42 Å². The molecule has 152 valence electrons. The van der Waals surface area contributed by atoms with Gasteiger partial charge >= 0.3 is 0 Å². The molecule has 0 saturated carbocycles. The molecule has 0 radical (unpaired) electrons. The molecule has 2 aromatic heterocycles. The molecule has 0 N–H and O–H groups in total. The first-order valence-corrected chi connectivity index (χ1v) is 11.7. The van der Waals surface area contributed by atoms with Crippen LogP contribution in [0.25, 0.3) is 21.3 Å². The summed E-state index contributed by atoms with van der Waals surface area (Å²) in [5.74, 6) is 1.70. The molecular weight excluding hydrogens is 410 g/mol. The van der Waals surface area contributed by atoms with E-state index in [-0.39, 0.29) is 0 Å². The van der Waals surface area contributed by atoms with Crippen molar-refractivity contribution in [3.63, 3.8) is 0 Å². The van der Waals surface area contributed by atoms with Crippen LogP contribution in [0.3, 0.4) is 0 Å². The molecule has 0 amide bonds. The summed E-state index contributed by atoms with van der Waals surface area (Å²) in [6.07, 6.45) is 3.49. The number of nitrogens with zero attached hydrogens (tertiary/aromatic N) is 3. The number of fused-ring (bicyclic) bond motifs is 1. The van der Waals surface area contributed by atoms with Crippen LogP contribution in [0.4, 0.5) is 5.82 Å². The number of rotatable bonds is 4. The van der Waals surface area contributed by atoms with Crippen molar-refractivity contribution >= 4 is 39.0 Å². The van der Waals surface area contributed by atoms with E-state index < -0.39 is 0 Å². The summed E-state index contributed by atoms with van der Waals surface area (Å²) < 4.78 is 0. The number of anilines is 1. The van der Waals surface area contributed by atoms with Gasteiger partial charge in [-0.1, -0.05) is 60.2 Å². The summed E-state index contributed by atoms with van der Waals surface area (Å²) in [5, 5.41) is 3.66. The Morgan fingerprint density at radius 2 is 1.73 bits per heavy atom. The Labute approximate surface area is 186 Å². The lowest BCUT2D eigenvalue weighted by molar-refractivity contribution is 0.403. The van der Waals surface area contributed by atoms with Crippen LogP contribution >= 0.6 is 22.9 Å². The van der Waals surface area contributed by atoms with Crippen LogP contribution < -0.4 is 4.90 Å². The quantitative estimate of drug-likeness (QED) is 0.332. The van der Waals surface area contributed by atoms with Crippen molar-refractivity contribution in [1.82, 2.24) is 9.97 Å². The van der Waals surface area contributed by atoms with E-state index in [1.165, 1.54) is 35.1 Å². The Morgan fingerprint density at radius 3 is 2.47 bits per heavy atom. The van der Waals surface area contributed by atoms with E-state index in [4.69, 9.17) is 16.6 Å². The molecule has 0 bridgehead atoms. The van der Waals surface area contributed by atoms with Crippen LogP contribution in [0.2, 0.25) is 5.28 Å². The molecule has 0 spiro atoms. The summed E-state index contributed by atoms with van der Waals surface area (Å²) in [6.45, 7) is 4.12. The first-order valence-electron chi connectivity index (χ1n) is 10.5. The lowest BCUT2D eigenvalue weighted by Crippen LogP contribution is -2.35. The van der Waals surface area contributed by atoms with Crippen LogP contribution in [0.5, 0.6) is 0 Å². The summed E-state index contributed by atoms with van der Waals surface area (Å²) in [5.41, 5.74) is 5.10. The maximum absolute atomic E-state index is 6.31. The number of aromatic nitrogens is 2. The van der Waals surface area contributed by atoms with Crippen molar-refractivity contribution in [2.24, 2.45) is 5.92 Å². The van der Waals surface area contributed by atoms with Crippen molar-refractivity contribution in [2.75, 3.05) is 18.0 Å². The second kappa shape index (κ2) is 8.37. The first-order chi connectivity index (χ1) is 14.7. The third-order valence-electron chi connectivity index (χ3n) is 6.03. The number of aryl methyl sites for hydroxylation is 1. The van der Waals surface area contributed by atoms with Crippen molar-refractivity contribution < 1.29 is 0 Å². The van der Waals surface area contributed by atoms with E-state index in [9.17, 15) is 0 Å². The molecule has 1 fully saturated rings. The zero-order chi connectivity index (χ0) is 20.5. The van der Waals surface area contributed by atoms with Crippen LogP contribution in [0.15, 0.2) is 60.0 Å². The number of benzene rings is 2. The number of thiophene rings is 1. The maximum Gasteiger partial charge on any atom is 0.225 e. The van der Waals surface area contributed by atoms with Crippen molar-refractivity contribution in [3.8, 4) is 11.1 Å². The molecule has 1 aliphatic rings. The number of hydrogen-bond donors (Lipinski definition) is 0. The van der Waals surface area contributed by atoms with Gasteiger partial charge in [0.05, 0.1) is 5.39 Å². The number of halogens is 1. The van der Waals surface area contributed by atoms with E-state index >= 15 is 0 Å². The lowest BCUT2D eigenvalue weighted by atomic mass is 9.90. The highest BCUT2D eigenvalue weighted by molar-refractivity contribution is 7.17. The highest BCUT2D eigenvalue weighted by Crippen LogP contribution is 2.40. The van der Waals surface area contributed by atoms with Gasteiger partial charge in [0.2, 0.25) is 5.28 Å². The normalized spacial score (nSPS) is 15.1. The van der Waals surface area contributed by atoms with Gasteiger partial charge in [-0.3, -0.25) is 0 Å². The summed E-state index contributed by atoms with van der Waals surface area (Å²) >= 11 is 7.96. The van der Waals surface area contributed by atoms with Gasteiger partial charge in [-0.2, -0.15) is 4.98 Å². The summed E-state index contributed by atoms with van der Waals surface area (Å²) in [7, 11) is 0. The van der Waals surface area contributed by atoms with Gasteiger partial charge in [-0.05, 0) is 54.8 Å². The molecule has 30 heavy (non-hydrogen) atoms. The SMILES string of the molecule is Cc1ccc(-c2csc3nc(Cl)nc(N4CCC(Cc5ccccc5)CC4)c23)cc1. The molecule has 0 atom stereocenters. The third-order valence-corrected chi connectivity index (χ3v) is 7.07. The molecule has 2 aromatic carbocycles. The molecule has 3 heterocycles. The predicted molar refractivity (Wildman–Crippen MR) is 128 cm³/mol. The van der Waals surface area contributed by atoms with Crippen molar-refractivity contribution in [1.29, 1.82) is 0 Å². The standard InChI is InChI=1S/C25H24ClN3S/c1-17-7-9-20(10-8-17)21-16-30-24-22(21)23(27-25(26)28-24)29-13-11-19(12-14-29)15-18-5-3-2-4-6-18/h2-10,16,19H,11-15H2,1H3. The van der Waals surface area contributed by atoms with E-state index in [0.717, 1.165) is 41.5 Å². The highest BCUT2D eigenvalue weighted by Gasteiger charge is 2.24. The zero-order valence-electron chi connectivity index (χ0n) is 17.0. The molecule has 5 heteroatoms. The second-order valence-corrected chi connectivity index (χ2v) is 9.33. The van der Waals surface area contributed by atoms with Gasteiger partial charge in [0.1, 0.15) is 10.6 Å². The van der Waals surface area contributed by atoms with Crippen LogP contribution in [0.1, 0.15) is 24.0 Å². The zero-order valence-corrected chi connectivity index (χ0v) is 18.6. The largest absolute Gasteiger partial charge is 0.356 e. The smallest absolute Gasteiger partial charge is 0.225 e. The fourth-order valence-electron chi connectivity index (χ4n) is 4.37. The first kappa shape index (κ1) is 19.5. The highest BCUT2D eigenvalue weighted by atomic mass is 35.5. The Balaban J connectivity index is 1.43. The minimum Gasteiger partial charge on any atom is -0.356 e. The van der Waals surface area contributed by atoms with Crippen LogP contribution in [-0.4, -0.2) is 23.1 Å².